The third-order valence-electron chi connectivity index (χ3n) is 2.22. The molecule has 0 radical (unpaired) electrons. The van der Waals surface area contributed by atoms with Gasteiger partial charge < -0.3 is 16.4 Å². The number of nitrogens with zero attached hydrogens (tertiary/aromatic N) is 2. The summed E-state index contributed by atoms with van der Waals surface area (Å²) in [6.45, 7) is 0. The van der Waals surface area contributed by atoms with Gasteiger partial charge in [0.1, 0.15) is 0 Å². The number of nitrogen functional groups attached to an aromatic ring is 1. The van der Waals surface area contributed by atoms with E-state index in [9.17, 15) is 5.21 Å². The Morgan fingerprint density at radius 1 is 1.40 bits per heavy atom. The number of aryl methyl sites for hydroxylation is 1. The highest BCUT2D eigenvalue weighted by Gasteiger charge is 2.05. The molecule has 1 aromatic heterocycles. The lowest BCUT2D eigenvalue weighted by Crippen LogP contribution is -2.70. The van der Waals surface area contributed by atoms with E-state index in [0.717, 1.165) is 16.7 Å². The Morgan fingerprint density at radius 2 is 2.20 bits per heavy atom. The van der Waals surface area contributed by atoms with E-state index in [4.69, 9.17) is 5.73 Å². The third kappa shape index (κ3) is 1.83. The van der Waals surface area contributed by atoms with Crippen molar-refractivity contribution in [1.82, 2.24) is 9.78 Å². The number of aromatic nitrogens is 2. The molecule has 0 atom stereocenters. The molecule has 0 unspecified atom stereocenters. The summed E-state index contributed by atoms with van der Waals surface area (Å²) in [6, 6.07) is 7.20. The number of benzene rings is 1. The van der Waals surface area contributed by atoms with E-state index in [1.54, 1.807) is 16.8 Å². The minimum atomic E-state index is 0.490. The van der Waals surface area contributed by atoms with E-state index >= 15 is 0 Å². The molecule has 78 valence electrons. The topological polar surface area (TPSA) is 83.5 Å². The van der Waals surface area contributed by atoms with Crippen LogP contribution < -0.4 is 11.2 Å². The zero-order valence-electron chi connectivity index (χ0n) is 8.34. The second-order valence-corrected chi connectivity index (χ2v) is 3.34. The highest BCUT2D eigenvalue weighted by molar-refractivity contribution is 5.69. The summed E-state index contributed by atoms with van der Waals surface area (Å²) in [5.41, 5.74) is 9.10. The number of nitrogens with two attached hydrogens (primary N) is 2. The molecule has 0 aliphatic carbocycles. The van der Waals surface area contributed by atoms with Crippen LogP contribution in [-0.2, 0) is 7.05 Å². The molecule has 1 aromatic carbocycles. The van der Waals surface area contributed by atoms with Crippen molar-refractivity contribution in [3.8, 4) is 11.3 Å². The zero-order chi connectivity index (χ0) is 10.8. The van der Waals surface area contributed by atoms with E-state index in [1.807, 2.05) is 25.4 Å². The maximum absolute atomic E-state index is 10.7. The smallest absolute Gasteiger partial charge is 0.153 e. The van der Waals surface area contributed by atoms with Crippen molar-refractivity contribution < 1.29 is 5.48 Å². The number of anilines is 1. The summed E-state index contributed by atoms with van der Waals surface area (Å²) in [7, 11) is 1.85. The molecular formula is C10H12N4O. The predicted octanol–water partition coefficient (Wildman–Crippen LogP) is 0.362. The molecule has 15 heavy (non-hydrogen) atoms. The van der Waals surface area contributed by atoms with Gasteiger partial charge in [-0.1, -0.05) is 6.07 Å². The molecule has 0 aliphatic heterocycles. The molecule has 0 saturated carbocycles. The molecule has 5 heteroatoms. The molecule has 2 aromatic rings. The first-order valence-corrected chi connectivity index (χ1v) is 4.55. The van der Waals surface area contributed by atoms with Gasteiger partial charge in [-0.15, -0.1) is 0 Å². The van der Waals surface area contributed by atoms with Crippen LogP contribution in [0.2, 0.25) is 0 Å². The molecule has 1 heterocycles. The van der Waals surface area contributed by atoms with Crippen LogP contribution in [0.5, 0.6) is 0 Å². The monoisotopic (exact) mass is 204 g/mol. The molecule has 0 spiro atoms. The Labute approximate surface area is 87.1 Å². The second-order valence-electron chi connectivity index (χ2n) is 3.34. The van der Waals surface area contributed by atoms with Crippen LogP contribution in [0.3, 0.4) is 0 Å². The highest BCUT2D eigenvalue weighted by atomic mass is 16.5. The van der Waals surface area contributed by atoms with Gasteiger partial charge in [0.2, 0.25) is 0 Å². The average molecular weight is 204 g/mol. The first kappa shape index (κ1) is 9.70. The van der Waals surface area contributed by atoms with Crippen LogP contribution in [-0.4, -0.2) is 9.78 Å². The van der Waals surface area contributed by atoms with Gasteiger partial charge in [0.15, 0.2) is 5.69 Å². The van der Waals surface area contributed by atoms with Gasteiger partial charge in [-0.25, -0.2) is 0 Å². The molecule has 2 rings (SSSR count). The van der Waals surface area contributed by atoms with E-state index in [-0.39, 0.29) is 0 Å². The Kier molecular flexibility index (Phi) is 2.40. The van der Waals surface area contributed by atoms with Crippen LogP contribution in [0.25, 0.3) is 11.3 Å². The van der Waals surface area contributed by atoms with Gasteiger partial charge in [-0.3, -0.25) is 4.68 Å². The molecular weight excluding hydrogens is 192 g/mol. The largest absolute Gasteiger partial charge is 0.630 e. The van der Waals surface area contributed by atoms with Gasteiger partial charge in [0.05, 0.1) is 11.4 Å². The summed E-state index contributed by atoms with van der Waals surface area (Å²) in [6.07, 6.45) is 1.85. The van der Waals surface area contributed by atoms with Crippen LogP contribution in [0.15, 0.2) is 30.5 Å². The summed E-state index contributed by atoms with van der Waals surface area (Å²) in [5.74, 6) is 0. The number of hydrogen-bond acceptors (Lipinski definition) is 3. The summed E-state index contributed by atoms with van der Waals surface area (Å²) in [5, 5.41) is 15.0. The van der Waals surface area contributed by atoms with Crippen molar-refractivity contribution in [3.63, 3.8) is 0 Å². The van der Waals surface area contributed by atoms with Gasteiger partial charge in [-0.2, -0.15) is 5.10 Å². The highest BCUT2D eigenvalue weighted by Crippen LogP contribution is 2.22. The third-order valence-corrected chi connectivity index (χ3v) is 2.22. The Hall–Kier alpha value is -1.85. The quantitative estimate of drug-likeness (QED) is 0.547. The van der Waals surface area contributed by atoms with E-state index < -0.39 is 0 Å². The van der Waals surface area contributed by atoms with Crippen molar-refractivity contribution in [2.45, 2.75) is 0 Å². The fraction of sp³-hybridized carbons (Fsp3) is 0.100. The Balaban J connectivity index is 2.45. The zero-order valence-corrected chi connectivity index (χ0v) is 8.34. The molecule has 5 nitrogen and oxygen atoms in total. The lowest BCUT2D eigenvalue weighted by Gasteiger charge is -2.06. The van der Waals surface area contributed by atoms with Crippen molar-refractivity contribution in [3.05, 3.63) is 35.7 Å². The predicted molar refractivity (Wildman–Crippen MR) is 58.0 cm³/mol. The summed E-state index contributed by atoms with van der Waals surface area (Å²) >= 11 is 0. The van der Waals surface area contributed by atoms with Gasteiger partial charge >= 0.3 is 0 Å². The van der Waals surface area contributed by atoms with Crippen LogP contribution in [0, 0.1) is 5.21 Å². The fourth-order valence-corrected chi connectivity index (χ4v) is 1.41. The van der Waals surface area contributed by atoms with E-state index in [0.29, 0.717) is 11.4 Å². The average Bonchev–Trinajstić information content (AvgIpc) is 2.66. The molecule has 0 fully saturated rings. The van der Waals surface area contributed by atoms with Crippen molar-refractivity contribution in [1.29, 1.82) is 0 Å². The number of hydrogen-bond donors (Lipinski definition) is 2. The molecule has 0 bridgehead atoms. The summed E-state index contributed by atoms with van der Waals surface area (Å²) < 4.78 is 1.71. The van der Waals surface area contributed by atoms with Gasteiger partial charge in [-0.05, 0) is 12.1 Å². The van der Waals surface area contributed by atoms with Crippen LogP contribution in [0.4, 0.5) is 11.4 Å². The van der Waals surface area contributed by atoms with Crippen molar-refractivity contribution in [2.24, 2.45) is 7.05 Å². The Bertz CT molecular complexity index is 478. The van der Waals surface area contributed by atoms with Gasteiger partial charge in [0.25, 0.3) is 0 Å². The van der Waals surface area contributed by atoms with Gasteiger partial charge in [0, 0.05) is 24.9 Å². The maximum Gasteiger partial charge on any atom is 0.153 e. The fourth-order valence-electron chi connectivity index (χ4n) is 1.41. The van der Waals surface area contributed by atoms with Crippen LogP contribution in [0.1, 0.15) is 0 Å². The molecule has 0 aliphatic rings. The first-order valence-electron chi connectivity index (χ1n) is 4.55. The number of quaternary nitrogens is 1. The minimum Gasteiger partial charge on any atom is -0.630 e. The lowest BCUT2D eigenvalue weighted by molar-refractivity contribution is -0.496. The molecule has 0 saturated heterocycles. The van der Waals surface area contributed by atoms with Crippen LogP contribution >= 0.6 is 0 Å². The minimum absolute atomic E-state index is 0.490. The standard InChI is InChI=1S/C10H12N4O/c1-14-5-4-9(12-14)7-2-3-8(11)10(6-7)13-15/h2-6H,11,13H2,1H3. The normalized spacial score (nSPS) is 10.5. The number of rotatable bonds is 2. The van der Waals surface area contributed by atoms with E-state index in [1.165, 1.54) is 0 Å². The second kappa shape index (κ2) is 3.72. The Morgan fingerprint density at radius 3 is 2.80 bits per heavy atom. The SMILES string of the molecule is Cn1ccc(-c2ccc(N)c([NH2+][O-])c2)n1. The maximum atomic E-state index is 10.7. The molecule has 0 amide bonds. The molecule has 4 N–H and O–H groups in total. The lowest BCUT2D eigenvalue weighted by atomic mass is 10.1. The first-order chi connectivity index (χ1) is 7.20. The summed E-state index contributed by atoms with van der Waals surface area (Å²) in [4.78, 5) is 0. The van der Waals surface area contributed by atoms with Crippen molar-refractivity contribution >= 4 is 11.4 Å². The van der Waals surface area contributed by atoms with E-state index in [2.05, 4.69) is 5.10 Å². The van der Waals surface area contributed by atoms with Crippen molar-refractivity contribution in [2.75, 3.05) is 5.73 Å².